The second-order valence-corrected chi connectivity index (χ2v) is 9.00. The van der Waals surface area contributed by atoms with Crippen molar-refractivity contribution in [2.75, 3.05) is 38.5 Å². The zero-order chi connectivity index (χ0) is 23.5. The number of hydrogen-bond acceptors (Lipinski definition) is 7. The number of piperazine rings is 1. The third-order valence-corrected chi connectivity index (χ3v) is 6.78. The van der Waals surface area contributed by atoms with Crippen LogP contribution in [0.5, 0.6) is 11.5 Å². The van der Waals surface area contributed by atoms with Crippen LogP contribution in [0.15, 0.2) is 59.8 Å². The molecule has 0 unspecified atom stereocenters. The number of nitrogens with zero attached hydrogens (tertiary/aromatic N) is 5. The van der Waals surface area contributed by atoms with Gasteiger partial charge in [0.2, 0.25) is 12.0 Å². The highest BCUT2D eigenvalue weighted by molar-refractivity contribution is 7.99. The van der Waals surface area contributed by atoms with Crippen molar-refractivity contribution in [1.82, 2.24) is 24.6 Å². The molecule has 34 heavy (non-hydrogen) atoms. The molecule has 1 saturated heterocycles. The van der Waals surface area contributed by atoms with E-state index in [9.17, 15) is 9.59 Å². The van der Waals surface area contributed by atoms with E-state index in [1.165, 1.54) is 11.8 Å². The largest absolute Gasteiger partial charge is 0.485 e. The molecule has 1 fully saturated rings. The lowest BCUT2D eigenvalue weighted by Crippen LogP contribution is -2.55. The van der Waals surface area contributed by atoms with Crippen molar-refractivity contribution < 1.29 is 19.1 Å². The summed E-state index contributed by atoms with van der Waals surface area (Å²) in [7, 11) is 0. The molecule has 1 atom stereocenters. The summed E-state index contributed by atoms with van der Waals surface area (Å²) in [5.41, 5.74) is 0.962. The maximum Gasteiger partial charge on any atom is 0.267 e. The number of ether oxygens (including phenoxy) is 2. The molecular weight excluding hydrogens is 454 g/mol. The van der Waals surface area contributed by atoms with E-state index in [0.717, 1.165) is 11.5 Å². The number of aromatic nitrogens is 3. The normalized spacial score (nSPS) is 17.5. The second kappa shape index (κ2) is 9.76. The number of thioether (sulfide) groups is 1. The summed E-state index contributed by atoms with van der Waals surface area (Å²) in [5, 5.41) is 9.09. The van der Waals surface area contributed by atoms with E-state index in [-0.39, 0.29) is 24.2 Å². The fourth-order valence-electron chi connectivity index (χ4n) is 4.05. The Morgan fingerprint density at radius 1 is 0.941 bits per heavy atom. The predicted octanol–water partition coefficient (Wildman–Crippen LogP) is 2.18. The molecule has 2 aromatic carbocycles. The Kier molecular flexibility index (Phi) is 6.39. The van der Waals surface area contributed by atoms with Gasteiger partial charge in [-0.1, -0.05) is 42.1 Å². The third kappa shape index (κ3) is 4.58. The Morgan fingerprint density at radius 3 is 2.38 bits per heavy atom. The van der Waals surface area contributed by atoms with Gasteiger partial charge in [-0.2, -0.15) is 0 Å². The lowest BCUT2D eigenvalue weighted by molar-refractivity contribution is -0.145. The quantitative estimate of drug-likeness (QED) is 0.518. The first-order valence-corrected chi connectivity index (χ1v) is 12.1. The summed E-state index contributed by atoms with van der Waals surface area (Å²) >= 11 is 1.37. The molecule has 1 aromatic heterocycles. The van der Waals surface area contributed by atoms with E-state index in [1.54, 1.807) is 15.9 Å². The van der Waals surface area contributed by atoms with Crippen LogP contribution in [-0.4, -0.2) is 81.0 Å². The molecule has 2 aliphatic rings. The number of amides is 2. The van der Waals surface area contributed by atoms with Gasteiger partial charge in [-0.15, -0.1) is 10.2 Å². The molecule has 0 spiro atoms. The molecular formula is C24H25N5O4S. The fourth-order valence-corrected chi connectivity index (χ4v) is 4.95. The molecule has 3 heterocycles. The summed E-state index contributed by atoms with van der Waals surface area (Å²) in [6.45, 7) is 3.99. The smallest absolute Gasteiger partial charge is 0.267 e. The van der Waals surface area contributed by atoms with Crippen LogP contribution in [0.25, 0.3) is 5.69 Å². The van der Waals surface area contributed by atoms with E-state index < -0.39 is 6.10 Å². The maximum atomic E-state index is 12.9. The summed E-state index contributed by atoms with van der Waals surface area (Å²) in [6, 6.07) is 17.2. The molecule has 0 radical (unpaired) electrons. The van der Waals surface area contributed by atoms with Crippen molar-refractivity contribution >= 4 is 23.6 Å². The number of fused-ring (bicyclic) bond motifs is 1. The Bertz CT molecular complexity index is 1180. The Labute approximate surface area is 201 Å². The highest BCUT2D eigenvalue weighted by Gasteiger charge is 2.33. The van der Waals surface area contributed by atoms with E-state index in [1.807, 2.05) is 60.0 Å². The zero-order valence-electron chi connectivity index (χ0n) is 18.8. The van der Waals surface area contributed by atoms with Crippen LogP contribution in [0.2, 0.25) is 0 Å². The molecule has 2 amide bonds. The van der Waals surface area contributed by atoms with Gasteiger partial charge in [0.05, 0.1) is 5.75 Å². The summed E-state index contributed by atoms with van der Waals surface area (Å²) < 4.78 is 13.5. The van der Waals surface area contributed by atoms with Gasteiger partial charge in [0, 0.05) is 31.9 Å². The molecule has 0 N–H and O–H groups in total. The molecule has 0 aliphatic carbocycles. The Morgan fingerprint density at radius 2 is 1.62 bits per heavy atom. The van der Waals surface area contributed by atoms with Crippen LogP contribution >= 0.6 is 11.8 Å². The molecule has 0 bridgehead atoms. The van der Waals surface area contributed by atoms with Gasteiger partial charge >= 0.3 is 0 Å². The van der Waals surface area contributed by atoms with E-state index in [0.29, 0.717) is 42.8 Å². The van der Waals surface area contributed by atoms with E-state index in [4.69, 9.17) is 9.47 Å². The average molecular weight is 480 g/mol. The molecule has 176 valence electrons. The van der Waals surface area contributed by atoms with Gasteiger partial charge in [0.1, 0.15) is 12.4 Å². The fraction of sp³-hybridized carbons (Fsp3) is 0.333. The van der Waals surface area contributed by atoms with Crippen molar-refractivity contribution in [2.45, 2.75) is 18.2 Å². The number of carbonyl (C=O) groups is 2. The number of hydrogen-bond donors (Lipinski definition) is 0. The maximum absolute atomic E-state index is 12.9. The van der Waals surface area contributed by atoms with Gasteiger partial charge in [-0.25, -0.2) is 0 Å². The highest BCUT2D eigenvalue weighted by Crippen LogP contribution is 2.31. The molecule has 3 aromatic rings. The summed E-state index contributed by atoms with van der Waals surface area (Å²) in [4.78, 5) is 29.3. The van der Waals surface area contributed by atoms with Crippen LogP contribution < -0.4 is 9.47 Å². The number of carbonyl (C=O) groups excluding carboxylic acids is 2. The van der Waals surface area contributed by atoms with Gasteiger partial charge in [0.15, 0.2) is 16.7 Å². The minimum Gasteiger partial charge on any atom is -0.485 e. The average Bonchev–Trinajstić information content (AvgIpc) is 3.27. The number of para-hydroxylation sites is 3. The lowest BCUT2D eigenvalue weighted by atomic mass is 10.2. The van der Waals surface area contributed by atoms with Crippen molar-refractivity contribution in [3.8, 4) is 17.2 Å². The van der Waals surface area contributed by atoms with Crippen molar-refractivity contribution in [2.24, 2.45) is 0 Å². The lowest BCUT2D eigenvalue weighted by Gasteiger charge is -2.37. The van der Waals surface area contributed by atoms with Gasteiger partial charge < -0.3 is 19.3 Å². The monoisotopic (exact) mass is 479 g/mol. The minimum absolute atomic E-state index is 0.0172. The van der Waals surface area contributed by atoms with Crippen molar-refractivity contribution in [1.29, 1.82) is 0 Å². The molecule has 0 saturated carbocycles. The molecule has 2 aliphatic heterocycles. The van der Waals surface area contributed by atoms with Gasteiger partial charge in [-0.3, -0.25) is 14.2 Å². The molecule has 10 heteroatoms. The third-order valence-electron chi connectivity index (χ3n) is 5.86. The first-order valence-electron chi connectivity index (χ1n) is 11.2. The first-order chi connectivity index (χ1) is 16.6. The first kappa shape index (κ1) is 22.3. The van der Waals surface area contributed by atoms with Crippen LogP contribution in [0, 0.1) is 6.92 Å². The number of rotatable bonds is 5. The summed E-state index contributed by atoms with van der Waals surface area (Å²) in [6.07, 6.45) is -0.666. The number of aryl methyl sites for hydroxylation is 1. The van der Waals surface area contributed by atoms with E-state index >= 15 is 0 Å². The van der Waals surface area contributed by atoms with Gasteiger partial charge in [-0.05, 0) is 31.2 Å². The van der Waals surface area contributed by atoms with Crippen molar-refractivity contribution in [3.63, 3.8) is 0 Å². The van der Waals surface area contributed by atoms with Crippen LogP contribution in [0.1, 0.15) is 5.82 Å². The molecule has 9 nitrogen and oxygen atoms in total. The van der Waals surface area contributed by atoms with Crippen LogP contribution in [-0.2, 0) is 9.59 Å². The standard InChI is InChI=1S/C24H25N5O4S/c1-17-25-26-24(29(17)18-7-3-2-4-8-18)34-16-22(30)27-11-13-28(14-12-27)23(31)21-15-32-19-9-5-6-10-20(19)33-21/h2-10,21H,11-16H2,1H3/t21-/m1/s1. The minimum atomic E-state index is -0.666. The Balaban J connectivity index is 1.13. The van der Waals surface area contributed by atoms with Crippen LogP contribution in [0.4, 0.5) is 0 Å². The topological polar surface area (TPSA) is 89.8 Å². The second-order valence-electron chi connectivity index (χ2n) is 8.06. The summed E-state index contributed by atoms with van der Waals surface area (Å²) in [5.74, 6) is 2.17. The predicted molar refractivity (Wildman–Crippen MR) is 126 cm³/mol. The van der Waals surface area contributed by atoms with Crippen molar-refractivity contribution in [3.05, 3.63) is 60.4 Å². The molecule has 5 rings (SSSR count). The number of benzene rings is 2. The SMILES string of the molecule is Cc1nnc(SCC(=O)N2CCN(C(=O)[C@H]3COc4ccccc4O3)CC2)n1-c1ccccc1. The van der Waals surface area contributed by atoms with Crippen LogP contribution in [0.3, 0.4) is 0 Å². The highest BCUT2D eigenvalue weighted by atomic mass is 32.2. The Hall–Kier alpha value is -3.53. The van der Waals surface area contributed by atoms with E-state index in [2.05, 4.69) is 10.2 Å². The zero-order valence-corrected chi connectivity index (χ0v) is 19.6. The van der Waals surface area contributed by atoms with Gasteiger partial charge in [0.25, 0.3) is 5.91 Å².